The average Bonchev–Trinajstić information content (AvgIpc) is 3.42. The Hall–Kier alpha value is -2.84. The molecule has 1 aliphatic heterocycles. The molecule has 0 unspecified atom stereocenters. The molecule has 2 aromatic rings. The molecule has 1 aliphatic carbocycles. The van der Waals surface area contributed by atoms with E-state index in [0.29, 0.717) is 51.0 Å². The van der Waals surface area contributed by atoms with Crippen molar-refractivity contribution in [3.8, 4) is 0 Å². The van der Waals surface area contributed by atoms with Gasteiger partial charge in [0.2, 0.25) is 11.8 Å². The number of para-hydroxylation sites is 1. The van der Waals surface area contributed by atoms with E-state index >= 15 is 0 Å². The molecule has 9 heteroatoms. The van der Waals surface area contributed by atoms with E-state index in [0.717, 1.165) is 43.4 Å². The Balaban J connectivity index is 1.61. The Morgan fingerprint density at radius 1 is 0.946 bits per heavy atom. The minimum Gasteiger partial charge on any atom is -0.337 e. The lowest BCUT2D eigenvalue weighted by Gasteiger charge is -2.30. The maximum absolute atomic E-state index is 13.5. The number of benzene rings is 1. The van der Waals surface area contributed by atoms with Crippen LogP contribution in [0.5, 0.6) is 0 Å². The Morgan fingerprint density at radius 3 is 2.38 bits per heavy atom. The van der Waals surface area contributed by atoms with Gasteiger partial charge < -0.3 is 9.80 Å². The number of carbonyl (C=O) groups is 2. The number of hydrogen-bond acceptors (Lipinski definition) is 3. The number of fused-ring (bicyclic) bond motifs is 2. The molecule has 0 saturated heterocycles. The number of aromatic nitrogens is 2. The monoisotopic (exact) mass is 518 g/mol. The van der Waals surface area contributed by atoms with Gasteiger partial charge in [0.05, 0.1) is 0 Å². The number of halogens is 3. The van der Waals surface area contributed by atoms with Crippen LogP contribution in [0.2, 0.25) is 0 Å². The maximum Gasteiger partial charge on any atom is 0.435 e. The minimum absolute atomic E-state index is 0.0733. The summed E-state index contributed by atoms with van der Waals surface area (Å²) in [6.45, 7) is 5.29. The smallest absolute Gasteiger partial charge is 0.337 e. The predicted molar refractivity (Wildman–Crippen MR) is 136 cm³/mol. The quantitative estimate of drug-likeness (QED) is 0.517. The van der Waals surface area contributed by atoms with Crippen molar-refractivity contribution < 1.29 is 22.8 Å². The molecule has 2 amide bonds. The molecule has 0 fully saturated rings. The third-order valence-corrected chi connectivity index (χ3v) is 7.25. The predicted octanol–water partition coefficient (Wildman–Crippen LogP) is 5.76. The number of amides is 2. The summed E-state index contributed by atoms with van der Waals surface area (Å²) in [6.07, 6.45) is 2.13. The fraction of sp³-hybridized carbons (Fsp3) is 0.607. The van der Waals surface area contributed by atoms with Crippen molar-refractivity contribution in [1.29, 1.82) is 0 Å². The minimum atomic E-state index is -4.53. The molecule has 0 saturated carbocycles. The number of carbonyl (C=O) groups excluding carboxylic acids is 2. The van der Waals surface area contributed by atoms with E-state index in [-0.39, 0.29) is 29.8 Å². The molecule has 2 heterocycles. The van der Waals surface area contributed by atoms with Gasteiger partial charge in [-0.2, -0.15) is 18.3 Å². The topological polar surface area (TPSA) is 58.4 Å². The standard InChI is InChI=1S/C28H37F3N4O2/c1-20(2)17-25(36)34-16-9-5-3-4-8-15-33(18-21-11-6-7-13-23(21)34)26(37)19-35-24-14-10-12-22(24)27(32-35)28(29,30)31/h6-7,11,13,20H,3-5,8-10,12,14-19H2,1-2H3. The lowest BCUT2D eigenvalue weighted by Crippen LogP contribution is -2.37. The molecule has 202 valence electrons. The van der Waals surface area contributed by atoms with Crippen LogP contribution in [0.4, 0.5) is 18.9 Å². The van der Waals surface area contributed by atoms with Crippen molar-refractivity contribution in [1.82, 2.24) is 14.7 Å². The van der Waals surface area contributed by atoms with E-state index in [4.69, 9.17) is 0 Å². The van der Waals surface area contributed by atoms with Crippen LogP contribution >= 0.6 is 0 Å². The Bertz CT molecular complexity index is 1110. The van der Waals surface area contributed by atoms with Crippen LogP contribution in [0.3, 0.4) is 0 Å². The summed E-state index contributed by atoms with van der Waals surface area (Å²) in [6, 6.07) is 7.66. The lowest BCUT2D eigenvalue weighted by molar-refractivity contribution is -0.142. The number of nitrogens with zero attached hydrogens (tertiary/aromatic N) is 4. The molecule has 6 nitrogen and oxygen atoms in total. The summed E-state index contributed by atoms with van der Waals surface area (Å²) in [7, 11) is 0. The summed E-state index contributed by atoms with van der Waals surface area (Å²) < 4.78 is 41.9. The van der Waals surface area contributed by atoms with Crippen LogP contribution in [0.1, 0.15) is 81.3 Å². The van der Waals surface area contributed by atoms with Crippen molar-refractivity contribution in [2.75, 3.05) is 18.0 Å². The molecule has 0 N–H and O–H groups in total. The van der Waals surface area contributed by atoms with E-state index in [1.54, 1.807) is 4.90 Å². The lowest BCUT2D eigenvalue weighted by atomic mass is 10.0. The van der Waals surface area contributed by atoms with Crippen molar-refractivity contribution in [3.05, 3.63) is 46.8 Å². The van der Waals surface area contributed by atoms with E-state index in [9.17, 15) is 22.8 Å². The van der Waals surface area contributed by atoms with Crippen LogP contribution in [-0.4, -0.2) is 39.6 Å². The van der Waals surface area contributed by atoms with Crippen LogP contribution in [-0.2, 0) is 41.7 Å². The third kappa shape index (κ3) is 6.54. The van der Waals surface area contributed by atoms with Gasteiger partial charge in [0.1, 0.15) is 6.54 Å². The summed E-state index contributed by atoms with van der Waals surface area (Å²) in [5.74, 6) is 0.0542. The zero-order chi connectivity index (χ0) is 26.6. The molecule has 1 aromatic heterocycles. The zero-order valence-electron chi connectivity index (χ0n) is 21.8. The van der Waals surface area contributed by atoms with Gasteiger partial charge in [-0.05, 0) is 49.7 Å². The largest absolute Gasteiger partial charge is 0.435 e. The highest BCUT2D eigenvalue weighted by atomic mass is 19.4. The number of hydrogen-bond donors (Lipinski definition) is 0. The molecular formula is C28H37F3N4O2. The van der Waals surface area contributed by atoms with E-state index < -0.39 is 11.9 Å². The van der Waals surface area contributed by atoms with Gasteiger partial charge in [0.15, 0.2) is 5.69 Å². The normalized spacial score (nSPS) is 17.2. The van der Waals surface area contributed by atoms with Crippen molar-refractivity contribution in [2.45, 2.75) is 90.9 Å². The zero-order valence-corrected chi connectivity index (χ0v) is 21.8. The first-order valence-corrected chi connectivity index (χ1v) is 13.5. The molecule has 1 aromatic carbocycles. The number of rotatable bonds is 4. The Labute approximate surface area is 216 Å². The fourth-order valence-corrected chi connectivity index (χ4v) is 5.44. The Morgan fingerprint density at radius 2 is 1.65 bits per heavy atom. The highest BCUT2D eigenvalue weighted by Crippen LogP contribution is 2.36. The SMILES string of the molecule is CC(C)CC(=O)N1CCCCCCCN(C(=O)Cn2nc(C(F)(F)F)c3c2CCC3)Cc2ccccc21. The van der Waals surface area contributed by atoms with Crippen LogP contribution in [0.25, 0.3) is 0 Å². The molecular weight excluding hydrogens is 481 g/mol. The highest BCUT2D eigenvalue weighted by molar-refractivity contribution is 5.94. The van der Waals surface area contributed by atoms with E-state index in [1.165, 1.54) is 4.68 Å². The van der Waals surface area contributed by atoms with Gasteiger partial charge in [-0.1, -0.05) is 51.3 Å². The first-order chi connectivity index (χ1) is 17.6. The molecule has 37 heavy (non-hydrogen) atoms. The van der Waals surface area contributed by atoms with Gasteiger partial charge in [-0.25, -0.2) is 0 Å². The maximum atomic E-state index is 13.5. The number of alkyl halides is 3. The van der Waals surface area contributed by atoms with E-state index in [2.05, 4.69) is 5.10 Å². The number of anilines is 1. The van der Waals surface area contributed by atoms with Gasteiger partial charge >= 0.3 is 6.18 Å². The van der Waals surface area contributed by atoms with Gasteiger partial charge in [-0.15, -0.1) is 0 Å². The molecule has 0 radical (unpaired) electrons. The molecule has 0 atom stereocenters. The van der Waals surface area contributed by atoms with Gasteiger partial charge in [-0.3, -0.25) is 14.3 Å². The average molecular weight is 519 g/mol. The first kappa shape index (κ1) is 27.2. The summed E-state index contributed by atoms with van der Waals surface area (Å²) in [5.41, 5.74) is 1.59. The molecule has 4 rings (SSSR count). The van der Waals surface area contributed by atoms with Crippen LogP contribution in [0.15, 0.2) is 24.3 Å². The molecule has 0 bridgehead atoms. The van der Waals surface area contributed by atoms with Crippen molar-refractivity contribution >= 4 is 17.5 Å². The van der Waals surface area contributed by atoms with Crippen molar-refractivity contribution in [3.63, 3.8) is 0 Å². The summed E-state index contributed by atoms with van der Waals surface area (Å²) in [4.78, 5) is 30.3. The second-order valence-electron chi connectivity index (χ2n) is 10.6. The van der Waals surface area contributed by atoms with Crippen molar-refractivity contribution in [2.24, 2.45) is 5.92 Å². The van der Waals surface area contributed by atoms with Crippen LogP contribution in [0, 0.1) is 5.92 Å². The summed E-state index contributed by atoms with van der Waals surface area (Å²) in [5, 5.41) is 3.84. The fourth-order valence-electron chi connectivity index (χ4n) is 5.44. The molecule has 2 aliphatic rings. The van der Waals surface area contributed by atoms with E-state index in [1.807, 2.05) is 43.0 Å². The Kier molecular flexibility index (Phi) is 8.60. The summed E-state index contributed by atoms with van der Waals surface area (Å²) >= 11 is 0. The van der Waals surface area contributed by atoms with Crippen LogP contribution < -0.4 is 4.90 Å². The first-order valence-electron chi connectivity index (χ1n) is 13.5. The molecule has 0 spiro atoms. The second kappa shape index (κ2) is 11.7. The second-order valence-corrected chi connectivity index (χ2v) is 10.6. The van der Waals surface area contributed by atoms with Gasteiger partial charge in [0.25, 0.3) is 0 Å². The third-order valence-electron chi connectivity index (χ3n) is 7.25. The highest BCUT2D eigenvalue weighted by Gasteiger charge is 2.40. The van der Waals surface area contributed by atoms with Gasteiger partial charge in [0, 0.05) is 43.0 Å².